The Morgan fingerprint density at radius 2 is 2.09 bits per heavy atom. The summed E-state index contributed by atoms with van der Waals surface area (Å²) in [6, 6.07) is -0.990. The van der Waals surface area contributed by atoms with E-state index >= 15 is 4.39 Å². The van der Waals surface area contributed by atoms with Gasteiger partial charge < -0.3 is 14.4 Å². The van der Waals surface area contributed by atoms with Gasteiger partial charge in [0.15, 0.2) is 28.9 Å². The van der Waals surface area contributed by atoms with Crippen molar-refractivity contribution in [1.82, 2.24) is 24.6 Å². The zero-order valence-corrected chi connectivity index (χ0v) is 21.1. The molecule has 6 atom stereocenters. The molecule has 1 N–H and O–H groups in total. The van der Waals surface area contributed by atoms with Crippen molar-refractivity contribution in [2.75, 3.05) is 25.6 Å². The molecule has 0 spiro atoms. The van der Waals surface area contributed by atoms with Crippen molar-refractivity contribution in [1.29, 1.82) is 0 Å². The van der Waals surface area contributed by atoms with Gasteiger partial charge >= 0.3 is 13.7 Å². The standard InChI is InChI=1S/C20H30FN6O6P/c1-10(2)31-18(28)11(3)25-34(29)30-8-13-15(33-34)20(5,21)19(32-13)27-9-22-14-16(26(6)7)23-12(4)24-17(14)27/h9-11,13,15,19H,8H2,1-7H3,(H,25,29)/t11-,13+,15+,19+,20+,34-/m0/s1. The van der Waals surface area contributed by atoms with Gasteiger partial charge in [-0.1, -0.05) is 0 Å². The second-order valence-corrected chi connectivity index (χ2v) is 10.9. The highest BCUT2D eigenvalue weighted by Crippen LogP contribution is 2.57. The van der Waals surface area contributed by atoms with E-state index in [2.05, 4.69) is 20.0 Å². The Morgan fingerprint density at radius 1 is 1.38 bits per heavy atom. The normalized spacial score (nSPS) is 32.1. The Hall–Kier alpha value is -2.18. The molecule has 0 bridgehead atoms. The number of rotatable bonds is 6. The number of carbonyl (C=O) groups is 1. The highest BCUT2D eigenvalue weighted by atomic mass is 31.2. The molecular formula is C20H30FN6O6P. The molecule has 0 saturated carbocycles. The molecular weight excluding hydrogens is 470 g/mol. The van der Waals surface area contributed by atoms with Crippen LogP contribution in [0.2, 0.25) is 0 Å². The maximum atomic E-state index is 16.2. The van der Waals surface area contributed by atoms with Crippen LogP contribution in [0.4, 0.5) is 10.2 Å². The van der Waals surface area contributed by atoms with Gasteiger partial charge in [0.25, 0.3) is 0 Å². The van der Waals surface area contributed by atoms with Gasteiger partial charge in [-0.25, -0.2) is 29.0 Å². The summed E-state index contributed by atoms with van der Waals surface area (Å²) < 4.78 is 53.0. The van der Waals surface area contributed by atoms with E-state index < -0.39 is 43.9 Å². The minimum absolute atomic E-state index is 0.194. The SMILES string of the molecule is Cc1nc(N(C)C)c2ncn([C@@H]3O[C@@H]4CO[P@@](=O)(N[C@@H](C)C(=O)OC(C)C)O[C@H]4[C@@]3(C)F)c2n1. The number of anilines is 1. The van der Waals surface area contributed by atoms with Crippen molar-refractivity contribution in [2.45, 2.75) is 70.9 Å². The number of ether oxygens (including phenoxy) is 2. The Labute approximate surface area is 196 Å². The molecule has 2 saturated heterocycles. The molecule has 2 aliphatic heterocycles. The largest absolute Gasteiger partial charge is 0.462 e. The van der Waals surface area contributed by atoms with Crippen LogP contribution in [0.15, 0.2) is 6.33 Å². The Morgan fingerprint density at radius 3 is 2.74 bits per heavy atom. The second kappa shape index (κ2) is 8.80. The molecule has 0 amide bonds. The summed E-state index contributed by atoms with van der Waals surface area (Å²) in [5.74, 6) is 0.456. The van der Waals surface area contributed by atoms with Crippen molar-refractivity contribution in [3.63, 3.8) is 0 Å². The molecule has 0 aromatic carbocycles. The number of aromatic nitrogens is 4. The average Bonchev–Trinajstić information content (AvgIpc) is 3.24. The smallest absolute Gasteiger partial charge is 0.406 e. The maximum absolute atomic E-state index is 16.2. The third-order valence-corrected chi connectivity index (χ3v) is 7.29. The van der Waals surface area contributed by atoms with E-state index in [1.807, 2.05) is 14.1 Å². The van der Waals surface area contributed by atoms with E-state index in [9.17, 15) is 9.36 Å². The monoisotopic (exact) mass is 500 g/mol. The average molecular weight is 500 g/mol. The molecule has 4 rings (SSSR count). The highest BCUT2D eigenvalue weighted by molar-refractivity contribution is 7.51. The summed E-state index contributed by atoms with van der Waals surface area (Å²) >= 11 is 0. The van der Waals surface area contributed by atoms with E-state index in [1.54, 1.807) is 25.7 Å². The van der Waals surface area contributed by atoms with Crippen LogP contribution in [-0.4, -0.2) is 76.2 Å². The number of aryl methyl sites for hydroxylation is 1. The van der Waals surface area contributed by atoms with Crippen LogP contribution >= 0.6 is 7.75 Å². The first-order valence-corrected chi connectivity index (χ1v) is 12.5. The quantitative estimate of drug-likeness (QED) is 0.463. The zero-order valence-electron chi connectivity index (χ0n) is 20.2. The predicted molar refractivity (Wildman–Crippen MR) is 120 cm³/mol. The number of carbonyl (C=O) groups excluding carboxylic acids is 1. The number of nitrogens with zero attached hydrogens (tertiary/aromatic N) is 5. The summed E-state index contributed by atoms with van der Waals surface area (Å²) in [4.78, 5) is 27.1. The summed E-state index contributed by atoms with van der Waals surface area (Å²) in [5.41, 5.74) is -1.24. The van der Waals surface area contributed by atoms with E-state index in [0.29, 0.717) is 22.8 Å². The Bertz CT molecular complexity index is 1140. The molecule has 0 aliphatic carbocycles. The lowest BCUT2D eigenvalue weighted by atomic mass is 9.98. The number of hydrogen-bond donors (Lipinski definition) is 1. The minimum Gasteiger partial charge on any atom is -0.462 e. The van der Waals surface area contributed by atoms with Gasteiger partial charge in [0.2, 0.25) is 0 Å². The fourth-order valence-corrected chi connectivity index (χ4v) is 5.80. The van der Waals surface area contributed by atoms with Crippen LogP contribution in [-0.2, 0) is 27.9 Å². The summed E-state index contributed by atoms with van der Waals surface area (Å²) in [5, 5.41) is 2.53. The first kappa shape index (κ1) is 24.9. The fourth-order valence-electron chi connectivity index (χ4n) is 4.04. The molecule has 4 heterocycles. The third-order valence-electron chi connectivity index (χ3n) is 5.59. The Kier molecular flexibility index (Phi) is 6.45. The molecule has 2 aromatic rings. The molecule has 2 aromatic heterocycles. The van der Waals surface area contributed by atoms with Gasteiger partial charge in [-0.05, 0) is 34.6 Å². The summed E-state index contributed by atoms with van der Waals surface area (Å²) in [6.45, 7) is 7.71. The van der Waals surface area contributed by atoms with E-state index in [-0.39, 0.29) is 12.7 Å². The molecule has 2 fully saturated rings. The number of hydrogen-bond acceptors (Lipinski definition) is 10. The molecule has 34 heavy (non-hydrogen) atoms. The molecule has 2 aliphatic rings. The van der Waals surface area contributed by atoms with E-state index in [0.717, 1.165) is 0 Å². The van der Waals surface area contributed by atoms with Crippen LogP contribution in [0, 0.1) is 6.92 Å². The van der Waals surface area contributed by atoms with E-state index in [1.165, 1.54) is 24.7 Å². The van der Waals surface area contributed by atoms with Crippen molar-refractivity contribution in [3.8, 4) is 0 Å². The van der Waals surface area contributed by atoms with Gasteiger partial charge in [0.1, 0.15) is 24.1 Å². The zero-order chi connectivity index (χ0) is 25.0. The third kappa shape index (κ3) is 4.42. The second-order valence-electron chi connectivity index (χ2n) is 9.15. The number of imidazole rings is 1. The number of esters is 1. The van der Waals surface area contributed by atoms with Crippen molar-refractivity contribution >= 4 is 30.7 Å². The van der Waals surface area contributed by atoms with Gasteiger partial charge in [-0.3, -0.25) is 18.4 Å². The molecule has 188 valence electrons. The van der Waals surface area contributed by atoms with Gasteiger partial charge in [0, 0.05) is 14.1 Å². The van der Waals surface area contributed by atoms with Crippen molar-refractivity contribution in [3.05, 3.63) is 12.2 Å². The number of halogens is 1. The molecule has 0 unspecified atom stereocenters. The molecule has 14 heteroatoms. The van der Waals surface area contributed by atoms with Gasteiger partial charge in [-0.2, -0.15) is 0 Å². The Balaban J connectivity index is 1.60. The van der Waals surface area contributed by atoms with Crippen LogP contribution in [0.25, 0.3) is 11.2 Å². The van der Waals surface area contributed by atoms with Crippen LogP contribution < -0.4 is 9.99 Å². The molecule has 12 nitrogen and oxygen atoms in total. The van der Waals surface area contributed by atoms with Crippen molar-refractivity contribution < 1.29 is 32.3 Å². The lowest BCUT2D eigenvalue weighted by molar-refractivity contribution is -0.149. The topological polar surface area (TPSA) is 130 Å². The number of fused-ring (bicyclic) bond motifs is 2. The molecule has 0 radical (unpaired) electrons. The van der Waals surface area contributed by atoms with Gasteiger partial charge in [0.05, 0.1) is 19.0 Å². The predicted octanol–water partition coefficient (Wildman–Crippen LogP) is 2.28. The number of alkyl halides is 1. The lowest BCUT2D eigenvalue weighted by Crippen LogP contribution is -2.47. The lowest BCUT2D eigenvalue weighted by Gasteiger charge is -2.35. The van der Waals surface area contributed by atoms with E-state index in [4.69, 9.17) is 18.5 Å². The van der Waals surface area contributed by atoms with Gasteiger partial charge in [-0.15, -0.1) is 0 Å². The summed E-state index contributed by atoms with van der Waals surface area (Å²) in [6.07, 6.45) is -2.15. The van der Waals surface area contributed by atoms with Crippen LogP contribution in [0.3, 0.4) is 0 Å². The summed E-state index contributed by atoms with van der Waals surface area (Å²) in [7, 11) is -0.371. The van der Waals surface area contributed by atoms with Crippen molar-refractivity contribution in [2.24, 2.45) is 0 Å². The first-order valence-electron chi connectivity index (χ1n) is 11.0. The fraction of sp³-hybridized carbons (Fsp3) is 0.700. The van der Waals surface area contributed by atoms with Crippen LogP contribution in [0.5, 0.6) is 0 Å². The highest BCUT2D eigenvalue weighted by Gasteiger charge is 2.61. The number of nitrogens with one attached hydrogen (secondary N) is 1. The first-order chi connectivity index (χ1) is 15.8. The minimum atomic E-state index is -4.02. The maximum Gasteiger partial charge on any atom is 0.406 e. The van der Waals surface area contributed by atoms with Crippen LogP contribution in [0.1, 0.15) is 39.7 Å².